The molecule has 5 nitrogen and oxygen atoms in total. The molecule has 1 amide bonds. The number of carbonyl (C=O) groups excluding carboxylic acids is 2. The molecule has 0 heterocycles. The van der Waals surface area contributed by atoms with Crippen molar-refractivity contribution in [3.8, 4) is 0 Å². The minimum atomic E-state index is -0.423. The van der Waals surface area contributed by atoms with Crippen molar-refractivity contribution in [1.82, 2.24) is 4.90 Å². The number of ether oxygens (including phenoxy) is 1. The first-order chi connectivity index (χ1) is 10.1. The number of rotatable bonds is 7. The van der Waals surface area contributed by atoms with Crippen molar-refractivity contribution >= 4 is 18.0 Å². The van der Waals surface area contributed by atoms with Crippen LogP contribution in [0.25, 0.3) is 6.08 Å². The highest BCUT2D eigenvalue weighted by Crippen LogP contribution is 2.05. The number of benzene rings is 1. The Morgan fingerprint density at radius 1 is 1.29 bits per heavy atom. The highest BCUT2D eigenvalue weighted by Gasteiger charge is 2.12. The number of hydrogen-bond acceptors (Lipinski definition) is 4. The van der Waals surface area contributed by atoms with E-state index in [1.165, 1.54) is 30.2 Å². The fourth-order valence-corrected chi connectivity index (χ4v) is 1.63. The van der Waals surface area contributed by atoms with Gasteiger partial charge in [0.1, 0.15) is 5.82 Å². The first kappa shape index (κ1) is 16.8. The summed E-state index contributed by atoms with van der Waals surface area (Å²) >= 11 is 0. The summed E-state index contributed by atoms with van der Waals surface area (Å²) in [6.07, 6.45) is 2.93. The van der Waals surface area contributed by atoms with Gasteiger partial charge < -0.3 is 14.7 Å². The molecule has 1 N–H and O–H groups in total. The van der Waals surface area contributed by atoms with Crippen LogP contribution < -0.4 is 0 Å². The Hall–Kier alpha value is -2.21. The third-order valence-electron chi connectivity index (χ3n) is 2.78. The fourth-order valence-electron chi connectivity index (χ4n) is 1.63. The van der Waals surface area contributed by atoms with Crippen molar-refractivity contribution in [3.05, 3.63) is 41.7 Å². The minimum absolute atomic E-state index is 0.0621. The van der Waals surface area contributed by atoms with Crippen LogP contribution in [-0.2, 0) is 14.3 Å². The van der Waals surface area contributed by atoms with Gasteiger partial charge in [-0.25, -0.2) is 4.39 Å². The third kappa shape index (κ3) is 6.18. The van der Waals surface area contributed by atoms with Crippen molar-refractivity contribution in [2.45, 2.75) is 6.42 Å². The van der Waals surface area contributed by atoms with Crippen LogP contribution in [0.4, 0.5) is 4.39 Å². The lowest BCUT2D eigenvalue weighted by molar-refractivity contribution is -0.141. The number of carbonyl (C=O) groups is 2. The van der Waals surface area contributed by atoms with Crippen LogP contribution in [-0.4, -0.2) is 48.7 Å². The highest BCUT2D eigenvalue weighted by atomic mass is 19.1. The molecule has 0 radical (unpaired) electrons. The number of aliphatic hydroxyl groups excluding tert-OH is 1. The molecule has 0 aliphatic rings. The van der Waals surface area contributed by atoms with Crippen molar-refractivity contribution in [3.63, 3.8) is 0 Å². The van der Waals surface area contributed by atoms with E-state index < -0.39 is 5.97 Å². The molecular weight excluding hydrogens is 277 g/mol. The molecule has 0 aromatic heterocycles. The van der Waals surface area contributed by atoms with Gasteiger partial charge in [0.15, 0.2) is 0 Å². The number of halogens is 1. The summed E-state index contributed by atoms with van der Waals surface area (Å²) in [5.41, 5.74) is 0.682. The quantitative estimate of drug-likeness (QED) is 0.607. The maximum Gasteiger partial charge on any atom is 0.307 e. The summed E-state index contributed by atoms with van der Waals surface area (Å²) in [4.78, 5) is 24.4. The van der Waals surface area contributed by atoms with Gasteiger partial charge in [-0.1, -0.05) is 12.1 Å². The van der Waals surface area contributed by atoms with Gasteiger partial charge in [-0.2, -0.15) is 0 Å². The second kappa shape index (κ2) is 8.86. The van der Waals surface area contributed by atoms with E-state index in [-0.39, 0.29) is 37.8 Å². The Morgan fingerprint density at radius 3 is 2.52 bits per heavy atom. The normalized spacial score (nSPS) is 10.6. The number of methoxy groups -OCH3 is 1. The number of aliphatic hydroxyl groups is 1. The van der Waals surface area contributed by atoms with Crippen LogP contribution in [0.1, 0.15) is 12.0 Å². The number of esters is 1. The molecule has 0 bridgehead atoms. The monoisotopic (exact) mass is 295 g/mol. The van der Waals surface area contributed by atoms with E-state index in [0.717, 1.165) is 0 Å². The lowest BCUT2D eigenvalue weighted by atomic mass is 10.2. The van der Waals surface area contributed by atoms with Gasteiger partial charge in [0, 0.05) is 19.2 Å². The van der Waals surface area contributed by atoms with E-state index in [1.807, 2.05) is 0 Å². The third-order valence-corrected chi connectivity index (χ3v) is 2.78. The van der Waals surface area contributed by atoms with Gasteiger partial charge >= 0.3 is 5.97 Å². The molecule has 0 fully saturated rings. The van der Waals surface area contributed by atoms with E-state index in [0.29, 0.717) is 5.56 Å². The van der Waals surface area contributed by atoms with Crippen LogP contribution in [0.3, 0.4) is 0 Å². The summed E-state index contributed by atoms with van der Waals surface area (Å²) in [5, 5.41) is 8.95. The average Bonchev–Trinajstić information content (AvgIpc) is 2.50. The van der Waals surface area contributed by atoms with Crippen molar-refractivity contribution in [1.29, 1.82) is 0 Å². The molecule has 0 spiro atoms. The van der Waals surface area contributed by atoms with Crippen LogP contribution >= 0.6 is 0 Å². The molecule has 1 rings (SSSR count). The largest absolute Gasteiger partial charge is 0.469 e. The number of amides is 1. The van der Waals surface area contributed by atoms with Gasteiger partial charge in [0.2, 0.25) is 5.91 Å². The predicted molar refractivity (Wildman–Crippen MR) is 75.7 cm³/mol. The Balaban J connectivity index is 2.63. The summed E-state index contributed by atoms with van der Waals surface area (Å²) in [6.45, 7) is 0.0979. The molecule has 1 aromatic carbocycles. The second-order valence-electron chi connectivity index (χ2n) is 4.26. The maximum absolute atomic E-state index is 12.8. The van der Waals surface area contributed by atoms with Crippen LogP contribution in [0.2, 0.25) is 0 Å². The molecule has 0 saturated carbocycles. The molecule has 0 aliphatic heterocycles. The van der Waals surface area contributed by atoms with Crippen LogP contribution in [0.5, 0.6) is 0 Å². The van der Waals surface area contributed by atoms with E-state index in [4.69, 9.17) is 5.11 Å². The minimum Gasteiger partial charge on any atom is -0.469 e. The standard InChI is InChI=1S/C15H18FNO4/c1-21-15(20)8-9-17(10-11-18)14(19)7-4-12-2-5-13(16)6-3-12/h2-7,18H,8-11H2,1H3/b7-4+. The Labute approximate surface area is 122 Å². The fraction of sp³-hybridized carbons (Fsp3) is 0.333. The molecule has 114 valence electrons. The molecule has 21 heavy (non-hydrogen) atoms. The summed E-state index contributed by atoms with van der Waals surface area (Å²) in [5.74, 6) is -1.11. The maximum atomic E-state index is 12.8. The van der Waals surface area contributed by atoms with Crippen LogP contribution in [0, 0.1) is 5.82 Å². The van der Waals surface area contributed by atoms with E-state index in [2.05, 4.69) is 4.74 Å². The van der Waals surface area contributed by atoms with Gasteiger partial charge in [0.05, 0.1) is 20.1 Å². The zero-order valence-corrected chi connectivity index (χ0v) is 11.8. The Bertz CT molecular complexity index is 499. The van der Waals surface area contributed by atoms with E-state index >= 15 is 0 Å². The highest BCUT2D eigenvalue weighted by molar-refractivity contribution is 5.92. The smallest absolute Gasteiger partial charge is 0.307 e. The molecular formula is C15H18FNO4. The van der Waals surface area contributed by atoms with Gasteiger partial charge in [-0.3, -0.25) is 9.59 Å². The Kier molecular flexibility index (Phi) is 7.11. The van der Waals surface area contributed by atoms with Crippen molar-refractivity contribution in [2.75, 3.05) is 26.8 Å². The van der Waals surface area contributed by atoms with Gasteiger partial charge in [0.25, 0.3) is 0 Å². The topological polar surface area (TPSA) is 66.8 Å². The lowest BCUT2D eigenvalue weighted by Gasteiger charge is -2.19. The van der Waals surface area contributed by atoms with E-state index in [9.17, 15) is 14.0 Å². The van der Waals surface area contributed by atoms with E-state index in [1.54, 1.807) is 18.2 Å². The Morgan fingerprint density at radius 2 is 1.95 bits per heavy atom. The molecule has 1 aromatic rings. The lowest BCUT2D eigenvalue weighted by Crippen LogP contribution is -2.34. The first-order valence-electron chi connectivity index (χ1n) is 6.47. The van der Waals surface area contributed by atoms with Crippen molar-refractivity contribution in [2.24, 2.45) is 0 Å². The molecule has 0 unspecified atom stereocenters. The number of nitrogens with zero attached hydrogens (tertiary/aromatic N) is 1. The first-order valence-corrected chi connectivity index (χ1v) is 6.47. The summed E-state index contributed by atoms with van der Waals surface area (Å²) in [7, 11) is 1.27. The van der Waals surface area contributed by atoms with Gasteiger partial charge in [-0.15, -0.1) is 0 Å². The van der Waals surface area contributed by atoms with Crippen LogP contribution in [0.15, 0.2) is 30.3 Å². The zero-order valence-electron chi connectivity index (χ0n) is 11.8. The molecule has 0 atom stereocenters. The zero-order chi connectivity index (χ0) is 15.7. The summed E-state index contributed by atoms with van der Waals surface area (Å²) in [6, 6.07) is 5.69. The summed E-state index contributed by atoms with van der Waals surface area (Å²) < 4.78 is 17.3. The second-order valence-corrected chi connectivity index (χ2v) is 4.26. The van der Waals surface area contributed by atoms with Gasteiger partial charge in [-0.05, 0) is 23.8 Å². The molecule has 0 saturated heterocycles. The van der Waals surface area contributed by atoms with Crippen molar-refractivity contribution < 1.29 is 23.8 Å². The SMILES string of the molecule is COC(=O)CCN(CCO)C(=O)/C=C/c1ccc(F)cc1. The predicted octanol–water partition coefficient (Wildman–Crippen LogP) is 1.22. The number of hydrogen-bond donors (Lipinski definition) is 1. The molecule has 6 heteroatoms. The molecule has 0 aliphatic carbocycles. The average molecular weight is 295 g/mol.